The number of carboxylic acids is 1. The minimum atomic E-state index is -0.974. The Balaban J connectivity index is 2.21. The molecule has 1 saturated heterocycles. The average molecular weight is 253 g/mol. The van der Waals surface area contributed by atoms with Crippen molar-refractivity contribution in [3.8, 4) is 0 Å². The van der Waals surface area contributed by atoms with Gasteiger partial charge in [0.2, 0.25) is 11.8 Å². The summed E-state index contributed by atoms with van der Waals surface area (Å²) in [7, 11) is 0. The van der Waals surface area contributed by atoms with Gasteiger partial charge in [0.25, 0.3) is 0 Å². The van der Waals surface area contributed by atoms with E-state index in [2.05, 4.69) is 0 Å². The van der Waals surface area contributed by atoms with Crippen LogP contribution in [0.1, 0.15) is 39.5 Å². The smallest absolute Gasteiger partial charge is 0.308 e. The molecular weight excluding hydrogens is 234 g/mol. The maximum Gasteiger partial charge on any atom is 0.308 e. The molecule has 18 heavy (non-hydrogen) atoms. The Morgan fingerprint density at radius 1 is 1.17 bits per heavy atom. The van der Waals surface area contributed by atoms with Crippen LogP contribution < -0.4 is 0 Å². The number of carboxylic acid groups (broad SMARTS) is 1. The standard InChI is InChI=1S/C13H19NO4/c1-7(13(17)18)8(2)14-11(15)9-5-3-4-6-10(9)12(14)16/h7-10H,3-6H2,1-2H3,(H,17,18). The molecular formula is C13H19NO4. The third kappa shape index (κ3) is 1.91. The van der Waals surface area contributed by atoms with Crippen molar-refractivity contribution >= 4 is 17.8 Å². The highest BCUT2D eigenvalue weighted by Crippen LogP contribution is 2.39. The van der Waals surface area contributed by atoms with Gasteiger partial charge in [-0.15, -0.1) is 0 Å². The lowest BCUT2D eigenvalue weighted by Crippen LogP contribution is -2.44. The predicted octanol–water partition coefficient (Wildman–Crippen LogP) is 1.27. The number of carbonyl (C=O) groups excluding carboxylic acids is 2. The van der Waals surface area contributed by atoms with Crippen LogP contribution in [-0.4, -0.2) is 33.8 Å². The molecule has 100 valence electrons. The van der Waals surface area contributed by atoms with Gasteiger partial charge in [0.05, 0.1) is 17.8 Å². The molecule has 4 atom stereocenters. The Kier molecular flexibility index (Phi) is 3.41. The second kappa shape index (κ2) is 4.71. The van der Waals surface area contributed by atoms with Gasteiger partial charge in [0.1, 0.15) is 0 Å². The summed E-state index contributed by atoms with van der Waals surface area (Å²) in [6.45, 7) is 3.18. The highest BCUT2D eigenvalue weighted by molar-refractivity contribution is 6.05. The van der Waals surface area contributed by atoms with E-state index in [9.17, 15) is 14.4 Å². The molecule has 5 heteroatoms. The van der Waals surface area contributed by atoms with E-state index in [-0.39, 0.29) is 23.7 Å². The van der Waals surface area contributed by atoms with E-state index in [0.29, 0.717) is 0 Å². The Hall–Kier alpha value is -1.39. The first-order valence-electron chi connectivity index (χ1n) is 6.55. The fourth-order valence-electron chi connectivity index (χ4n) is 3.02. The fraction of sp³-hybridized carbons (Fsp3) is 0.769. The number of rotatable bonds is 3. The largest absolute Gasteiger partial charge is 0.481 e. The maximum absolute atomic E-state index is 12.2. The molecule has 2 amide bonds. The number of likely N-dealkylation sites (tertiary alicyclic amines) is 1. The molecule has 2 rings (SSSR count). The van der Waals surface area contributed by atoms with Crippen molar-refractivity contribution in [3.05, 3.63) is 0 Å². The summed E-state index contributed by atoms with van der Waals surface area (Å²) in [5, 5.41) is 8.99. The number of carbonyl (C=O) groups is 3. The number of amides is 2. The Bertz CT molecular complexity index is 368. The lowest BCUT2D eigenvalue weighted by molar-refractivity contribution is -0.148. The van der Waals surface area contributed by atoms with Crippen molar-refractivity contribution in [2.24, 2.45) is 17.8 Å². The predicted molar refractivity (Wildman–Crippen MR) is 63.6 cm³/mol. The number of fused-ring (bicyclic) bond motifs is 1. The van der Waals surface area contributed by atoms with Crippen LogP contribution in [0.2, 0.25) is 0 Å². The molecule has 2 fully saturated rings. The number of hydrogen-bond donors (Lipinski definition) is 1. The fourth-order valence-corrected chi connectivity index (χ4v) is 3.02. The lowest BCUT2D eigenvalue weighted by atomic mass is 9.81. The van der Waals surface area contributed by atoms with E-state index in [1.165, 1.54) is 11.8 Å². The zero-order valence-electron chi connectivity index (χ0n) is 10.8. The molecule has 0 aromatic heterocycles. The van der Waals surface area contributed by atoms with Gasteiger partial charge in [-0.2, -0.15) is 0 Å². The molecule has 1 saturated carbocycles. The molecule has 1 N–H and O–H groups in total. The number of imide groups is 1. The normalized spacial score (nSPS) is 31.1. The molecule has 1 aliphatic carbocycles. The van der Waals surface area contributed by atoms with Crippen molar-refractivity contribution < 1.29 is 19.5 Å². The molecule has 0 aromatic carbocycles. The highest BCUT2D eigenvalue weighted by Gasteiger charge is 2.50. The maximum atomic E-state index is 12.2. The van der Waals surface area contributed by atoms with Crippen LogP contribution in [-0.2, 0) is 14.4 Å². The summed E-state index contributed by atoms with van der Waals surface area (Å²) >= 11 is 0. The van der Waals surface area contributed by atoms with Gasteiger partial charge in [0, 0.05) is 6.04 Å². The first-order valence-corrected chi connectivity index (χ1v) is 6.55. The Labute approximate surface area is 106 Å². The molecule has 2 aliphatic rings. The van der Waals surface area contributed by atoms with Gasteiger partial charge < -0.3 is 5.11 Å². The second-order valence-corrected chi connectivity index (χ2v) is 5.41. The van der Waals surface area contributed by atoms with Crippen molar-refractivity contribution in [1.29, 1.82) is 0 Å². The second-order valence-electron chi connectivity index (χ2n) is 5.41. The van der Waals surface area contributed by atoms with E-state index >= 15 is 0 Å². The van der Waals surface area contributed by atoms with Crippen LogP contribution >= 0.6 is 0 Å². The summed E-state index contributed by atoms with van der Waals surface area (Å²) in [6, 6.07) is -0.562. The summed E-state index contributed by atoms with van der Waals surface area (Å²) in [4.78, 5) is 36.6. The van der Waals surface area contributed by atoms with Crippen molar-refractivity contribution in [3.63, 3.8) is 0 Å². The number of aliphatic carboxylic acids is 1. The van der Waals surface area contributed by atoms with Crippen molar-refractivity contribution in [1.82, 2.24) is 4.90 Å². The van der Waals surface area contributed by atoms with Crippen LogP contribution in [0.3, 0.4) is 0 Å². The molecule has 0 spiro atoms. The van der Waals surface area contributed by atoms with E-state index in [1.54, 1.807) is 6.92 Å². The zero-order chi connectivity index (χ0) is 13.4. The lowest BCUT2D eigenvalue weighted by Gasteiger charge is -2.26. The molecule has 4 unspecified atom stereocenters. The van der Waals surface area contributed by atoms with E-state index in [0.717, 1.165) is 25.7 Å². The van der Waals surface area contributed by atoms with Crippen LogP contribution in [0.5, 0.6) is 0 Å². The average Bonchev–Trinajstić information content (AvgIpc) is 2.61. The Morgan fingerprint density at radius 3 is 2.00 bits per heavy atom. The van der Waals surface area contributed by atoms with Gasteiger partial charge in [-0.25, -0.2) is 0 Å². The zero-order valence-corrected chi connectivity index (χ0v) is 10.8. The monoisotopic (exact) mass is 253 g/mol. The summed E-state index contributed by atoms with van der Waals surface area (Å²) in [5.41, 5.74) is 0. The van der Waals surface area contributed by atoms with Crippen LogP contribution in [0.4, 0.5) is 0 Å². The highest BCUT2D eigenvalue weighted by atomic mass is 16.4. The van der Waals surface area contributed by atoms with Crippen molar-refractivity contribution in [2.75, 3.05) is 0 Å². The van der Waals surface area contributed by atoms with Gasteiger partial charge in [0.15, 0.2) is 0 Å². The summed E-state index contributed by atoms with van der Waals surface area (Å²) in [5.74, 6) is -2.42. The Morgan fingerprint density at radius 2 is 1.61 bits per heavy atom. The van der Waals surface area contributed by atoms with Gasteiger partial charge >= 0.3 is 5.97 Å². The van der Waals surface area contributed by atoms with Gasteiger partial charge in [-0.3, -0.25) is 19.3 Å². The topological polar surface area (TPSA) is 74.7 Å². The van der Waals surface area contributed by atoms with E-state index in [4.69, 9.17) is 5.11 Å². The molecule has 1 heterocycles. The number of hydrogen-bond acceptors (Lipinski definition) is 3. The third-order valence-electron chi connectivity index (χ3n) is 4.40. The van der Waals surface area contributed by atoms with Crippen LogP contribution in [0.25, 0.3) is 0 Å². The van der Waals surface area contributed by atoms with Crippen LogP contribution in [0.15, 0.2) is 0 Å². The molecule has 0 aromatic rings. The minimum Gasteiger partial charge on any atom is -0.481 e. The molecule has 1 aliphatic heterocycles. The molecule has 5 nitrogen and oxygen atoms in total. The first kappa shape index (κ1) is 13.1. The van der Waals surface area contributed by atoms with Gasteiger partial charge in [-0.05, 0) is 26.7 Å². The SMILES string of the molecule is CC(C(=O)O)C(C)N1C(=O)C2CCCCC2C1=O. The van der Waals surface area contributed by atoms with E-state index in [1.807, 2.05) is 0 Å². The summed E-state index contributed by atoms with van der Waals surface area (Å²) < 4.78 is 0. The van der Waals surface area contributed by atoms with Crippen molar-refractivity contribution in [2.45, 2.75) is 45.6 Å². The molecule has 0 radical (unpaired) electrons. The van der Waals surface area contributed by atoms with Gasteiger partial charge in [-0.1, -0.05) is 12.8 Å². The first-order chi connectivity index (χ1) is 8.45. The van der Waals surface area contributed by atoms with Crippen LogP contribution in [0, 0.1) is 17.8 Å². The summed E-state index contributed by atoms with van der Waals surface area (Å²) in [6.07, 6.45) is 3.49. The molecule has 0 bridgehead atoms. The quantitative estimate of drug-likeness (QED) is 0.769. The number of nitrogens with zero attached hydrogens (tertiary/aromatic N) is 1. The van der Waals surface area contributed by atoms with E-state index < -0.39 is 17.9 Å². The third-order valence-corrected chi connectivity index (χ3v) is 4.40. The minimum absolute atomic E-state index is 0.162.